The summed E-state index contributed by atoms with van der Waals surface area (Å²) in [7, 11) is 0. The number of nitrogens with two attached hydrogens (primary N) is 1. The maximum absolute atomic E-state index is 15.5. The number of hydrogen-bond donors (Lipinski definition) is 1. The second-order valence-corrected chi connectivity index (χ2v) is 11.2. The molecule has 5 rings (SSSR count). The van der Waals surface area contributed by atoms with Gasteiger partial charge in [-0.15, -0.1) is 0 Å². The van der Waals surface area contributed by atoms with Crippen LogP contribution in [0, 0.1) is 22.6 Å². The second-order valence-electron chi connectivity index (χ2n) is 11.2. The number of benzene rings is 2. The zero-order valence-corrected chi connectivity index (χ0v) is 23.2. The van der Waals surface area contributed by atoms with Gasteiger partial charge in [0.15, 0.2) is 5.65 Å². The first-order valence-corrected chi connectivity index (χ1v) is 13.2. The second kappa shape index (κ2) is 10.8. The van der Waals surface area contributed by atoms with Crippen LogP contribution in [0.5, 0.6) is 11.5 Å². The first kappa shape index (κ1) is 28.6. The highest BCUT2D eigenvalue weighted by Crippen LogP contribution is 2.39. The van der Waals surface area contributed by atoms with Gasteiger partial charge in [-0.05, 0) is 29.7 Å². The lowest BCUT2D eigenvalue weighted by molar-refractivity contribution is -0.140. The number of ether oxygens (including phenoxy) is 1. The molecule has 1 aliphatic rings. The molecule has 1 aliphatic heterocycles. The van der Waals surface area contributed by atoms with Crippen molar-refractivity contribution in [3.8, 4) is 28.8 Å². The molecule has 9 nitrogen and oxygen atoms in total. The Morgan fingerprint density at radius 3 is 2.57 bits per heavy atom. The predicted octanol–water partition coefficient (Wildman–Crippen LogP) is 5.91. The fourth-order valence-electron chi connectivity index (χ4n) is 4.95. The number of anilines is 1. The van der Waals surface area contributed by atoms with Gasteiger partial charge in [0.2, 0.25) is 0 Å². The summed E-state index contributed by atoms with van der Waals surface area (Å²) in [6.45, 7) is 4.36. The Hall–Kier alpha value is -4.92. The minimum absolute atomic E-state index is 0.0133. The lowest BCUT2D eigenvalue weighted by atomic mass is 9.93. The van der Waals surface area contributed by atoms with E-state index in [9.17, 15) is 10.1 Å². The molecule has 2 aromatic heterocycles. The third-order valence-electron chi connectivity index (χ3n) is 6.64. The SMILES string of the molecule is CC(C)(C)/C=C(\C#N)C(=O)N1C[C@H](n2nc(-c3ccc(Oc4ccccc4)cc3F)c3c(N)ncnc32)CC(F)(F)C1. The average Bonchev–Trinajstić information content (AvgIpc) is 3.31. The van der Waals surface area contributed by atoms with Crippen LogP contribution in [0.1, 0.15) is 33.2 Å². The summed E-state index contributed by atoms with van der Waals surface area (Å²) in [6.07, 6.45) is 1.96. The van der Waals surface area contributed by atoms with Crippen molar-refractivity contribution in [3.63, 3.8) is 0 Å². The number of piperidine rings is 1. The Kier molecular flexibility index (Phi) is 7.36. The molecule has 3 heterocycles. The normalized spacial score (nSPS) is 17.2. The van der Waals surface area contributed by atoms with Gasteiger partial charge in [0.25, 0.3) is 11.8 Å². The largest absolute Gasteiger partial charge is 0.457 e. The molecule has 1 amide bonds. The van der Waals surface area contributed by atoms with E-state index in [0.717, 1.165) is 11.2 Å². The van der Waals surface area contributed by atoms with Gasteiger partial charge in [-0.25, -0.2) is 27.8 Å². The predicted molar refractivity (Wildman–Crippen MR) is 150 cm³/mol. The van der Waals surface area contributed by atoms with E-state index in [1.165, 1.54) is 22.9 Å². The minimum atomic E-state index is -3.29. The fraction of sp³-hybridized carbons (Fsp3) is 0.300. The number of fused-ring (bicyclic) bond motifs is 1. The maximum Gasteiger partial charge on any atom is 0.267 e. The molecule has 0 aliphatic carbocycles. The lowest BCUT2D eigenvalue weighted by Crippen LogP contribution is -2.50. The smallest absolute Gasteiger partial charge is 0.267 e. The number of rotatable bonds is 5. The van der Waals surface area contributed by atoms with Gasteiger partial charge in [-0.1, -0.05) is 45.0 Å². The molecule has 0 bridgehead atoms. The van der Waals surface area contributed by atoms with E-state index in [0.29, 0.717) is 5.75 Å². The number of nitriles is 1. The van der Waals surface area contributed by atoms with Crippen molar-refractivity contribution < 1.29 is 22.7 Å². The van der Waals surface area contributed by atoms with Gasteiger partial charge in [0.05, 0.1) is 18.0 Å². The molecule has 0 unspecified atom stereocenters. The Bertz CT molecular complexity index is 1720. The summed E-state index contributed by atoms with van der Waals surface area (Å²) >= 11 is 0. The summed E-state index contributed by atoms with van der Waals surface area (Å²) in [6, 6.07) is 13.8. The monoisotopic (exact) mass is 575 g/mol. The van der Waals surface area contributed by atoms with Crippen LogP contribution in [0.25, 0.3) is 22.3 Å². The van der Waals surface area contributed by atoms with Crippen LogP contribution in [-0.4, -0.2) is 49.6 Å². The highest BCUT2D eigenvalue weighted by Gasteiger charge is 2.44. The number of amides is 1. The Balaban J connectivity index is 1.54. The number of nitrogen functional groups attached to an aromatic ring is 1. The van der Waals surface area contributed by atoms with E-state index in [-0.39, 0.29) is 46.0 Å². The van der Waals surface area contributed by atoms with Crippen LogP contribution in [0.2, 0.25) is 0 Å². The molecule has 2 aromatic carbocycles. The molecule has 1 atom stereocenters. The number of aromatic nitrogens is 4. The van der Waals surface area contributed by atoms with Crippen molar-refractivity contribution in [1.82, 2.24) is 24.6 Å². The molecule has 1 saturated heterocycles. The molecule has 1 fully saturated rings. The molecular formula is C30H28F3N7O2. The maximum atomic E-state index is 15.5. The van der Waals surface area contributed by atoms with Gasteiger partial charge < -0.3 is 15.4 Å². The number of carbonyl (C=O) groups is 1. The quantitative estimate of drug-likeness (QED) is 0.232. The van der Waals surface area contributed by atoms with Crippen molar-refractivity contribution in [3.05, 3.63) is 72.3 Å². The van der Waals surface area contributed by atoms with Crippen LogP contribution in [0.15, 0.2) is 66.5 Å². The highest BCUT2D eigenvalue weighted by molar-refractivity contribution is 5.99. The summed E-state index contributed by atoms with van der Waals surface area (Å²) in [5.74, 6) is -4.03. The third-order valence-corrected chi connectivity index (χ3v) is 6.64. The van der Waals surface area contributed by atoms with Gasteiger partial charge in [0, 0.05) is 24.6 Å². The summed E-state index contributed by atoms with van der Waals surface area (Å²) in [5.41, 5.74) is 5.62. The molecule has 42 heavy (non-hydrogen) atoms. The van der Waals surface area contributed by atoms with E-state index in [1.54, 1.807) is 51.1 Å². The Labute approximate surface area is 240 Å². The number of likely N-dealkylation sites (tertiary alicyclic amines) is 1. The molecule has 216 valence electrons. The average molecular weight is 576 g/mol. The molecule has 0 spiro atoms. The highest BCUT2D eigenvalue weighted by atomic mass is 19.3. The van der Waals surface area contributed by atoms with Crippen molar-refractivity contribution in [1.29, 1.82) is 5.26 Å². The number of hydrogen-bond acceptors (Lipinski definition) is 7. The van der Waals surface area contributed by atoms with Gasteiger partial charge in [-0.2, -0.15) is 10.4 Å². The standard InChI is InChI=1S/C30H28F3N7O2/c1-29(2,3)12-18(14-34)28(41)39-15-19(13-30(32,33)16-39)40-27-24(26(35)36-17-37-27)25(38-40)22-10-9-21(11-23(22)31)42-20-7-5-4-6-8-20/h4-12,17,19H,13,15-16H2,1-3H3,(H2,35,36,37)/b18-12+/t19-/m1/s1. The number of alkyl halides is 2. The van der Waals surface area contributed by atoms with Gasteiger partial charge in [0.1, 0.15) is 46.8 Å². The van der Waals surface area contributed by atoms with Gasteiger partial charge in [-0.3, -0.25) is 4.79 Å². The zero-order valence-electron chi connectivity index (χ0n) is 23.2. The zero-order chi connectivity index (χ0) is 30.2. The Morgan fingerprint density at radius 1 is 1.17 bits per heavy atom. The first-order chi connectivity index (χ1) is 19.8. The minimum Gasteiger partial charge on any atom is -0.457 e. The van der Waals surface area contributed by atoms with E-state index < -0.39 is 42.1 Å². The molecule has 12 heteroatoms. The van der Waals surface area contributed by atoms with E-state index >= 15 is 13.2 Å². The number of carbonyl (C=O) groups excluding carboxylic acids is 1. The van der Waals surface area contributed by atoms with Crippen LogP contribution in [0.4, 0.5) is 19.0 Å². The lowest BCUT2D eigenvalue weighted by Gasteiger charge is -2.37. The summed E-state index contributed by atoms with van der Waals surface area (Å²) in [5, 5.41) is 14.3. The van der Waals surface area contributed by atoms with Crippen LogP contribution in [0.3, 0.4) is 0 Å². The molecule has 4 aromatic rings. The molecule has 0 saturated carbocycles. The van der Waals surface area contributed by atoms with Crippen LogP contribution < -0.4 is 10.5 Å². The summed E-state index contributed by atoms with van der Waals surface area (Å²) in [4.78, 5) is 22.4. The molecular weight excluding hydrogens is 547 g/mol. The fourth-order valence-corrected chi connectivity index (χ4v) is 4.95. The van der Waals surface area contributed by atoms with Crippen molar-refractivity contribution in [2.24, 2.45) is 5.41 Å². The topological polar surface area (TPSA) is 123 Å². The Morgan fingerprint density at radius 2 is 1.90 bits per heavy atom. The summed E-state index contributed by atoms with van der Waals surface area (Å²) < 4.78 is 52.6. The van der Waals surface area contributed by atoms with Crippen molar-refractivity contribution in [2.75, 3.05) is 18.8 Å². The van der Waals surface area contributed by atoms with Gasteiger partial charge >= 0.3 is 0 Å². The van der Waals surface area contributed by atoms with Crippen molar-refractivity contribution in [2.45, 2.75) is 39.2 Å². The third kappa shape index (κ3) is 5.90. The van der Waals surface area contributed by atoms with Crippen LogP contribution in [-0.2, 0) is 4.79 Å². The van der Waals surface area contributed by atoms with Crippen molar-refractivity contribution >= 4 is 22.8 Å². The number of para-hydroxylation sites is 1. The van der Waals surface area contributed by atoms with E-state index in [1.807, 2.05) is 12.1 Å². The number of allylic oxidation sites excluding steroid dienone is 1. The van der Waals surface area contributed by atoms with E-state index in [2.05, 4.69) is 15.1 Å². The van der Waals surface area contributed by atoms with E-state index in [4.69, 9.17) is 10.5 Å². The molecule has 0 radical (unpaired) electrons. The number of nitrogens with zero attached hydrogens (tertiary/aromatic N) is 6. The van der Waals surface area contributed by atoms with Crippen LogP contribution >= 0.6 is 0 Å². The molecule has 2 N–H and O–H groups in total. The first-order valence-electron chi connectivity index (χ1n) is 13.2. The number of halogens is 3.